The molecule has 1 aliphatic heterocycles. The zero-order valence-electron chi connectivity index (χ0n) is 15.5. The number of aromatic nitrogens is 3. The van der Waals surface area contributed by atoms with Gasteiger partial charge in [-0.3, -0.25) is 4.98 Å². The summed E-state index contributed by atoms with van der Waals surface area (Å²) in [5.74, 6) is 0.699. The van der Waals surface area contributed by atoms with Gasteiger partial charge >= 0.3 is 0 Å². The van der Waals surface area contributed by atoms with Crippen LogP contribution in [-0.2, 0) is 12.1 Å². The Labute approximate surface area is 163 Å². The minimum absolute atomic E-state index is 0.0146. The van der Waals surface area contributed by atoms with E-state index in [1.807, 2.05) is 48.6 Å². The van der Waals surface area contributed by atoms with E-state index in [-0.39, 0.29) is 6.04 Å². The van der Waals surface area contributed by atoms with Crippen LogP contribution in [0, 0.1) is 0 Å². The zero-order chi connectivity index (χ0) is 19.1. The predicted molar refractivity (Wildman–Crippen MR) is 109 cm³/mol. The average Bonchev–Trinajstić information content (AvgIpc) is 3.28. The molecule has 0 fully saturated rings. The largest absolute Gasteiger partial charge is 0.377 e. The van der Waals surface area contributed by atoms with Crippen molar-refractivity contribution in [3.8, 4) is 22.5 Å². The highest BCUT2D eigenvalue weighted by atomic mass is 16.3. The van der Waals surface area contributed by atoms with E-state index in [0.717, 1.165) is 34.5 Å². The van der Waals surface area contributed by atoms with Crippen molar-refractivity contribution in [2.24, 2.45) is 5.73 Å². The van der Waals surface area contributed by atoms with Crippen molar-refractivity contribution in [2.45, 2.75) is 31.0 Å². The molecule has 5 nitrogen and oxygen atoms in total. The highest BCUT2D eigenvalue weighted by Gasteiger charge is 2.44. The standard InChI is InChI=1S/C23H22N4O/c24-19-8-6-18(7-9-19)23(28)12-15-27-21(17-10-13-25-14-11-17)20(26-22(23)27)16-4-2-1-3-5-16/h1-8,10-11,13-14,19,28H,9,12,15,24H2. The van der Waals surface area contributed by atoms with Gasteiger partial charge in [0.05, 0.1) is 11.4 Å². The van der Waals surface area contributed by atoms with Crippen LogP contribution in [0.1, 0.15) is 18.7 Å². The van der Waals surface area contributed by atoms with Crippen LogP contribution in [0.5, 0.6) is 0 Å². The van der Waals surface area contributed by atoms with Crippen molar-refractivity contribution in [2.75, 3.05) is 0 Å². The predicted octanol–water partition coefficient (Wildman–Crippen LogP) is 3.42. The fraction of sp³-hybridized carbons (Fsp3) is 0.217. The molecule has 3 N–H and O–H groups in total. The van der Waals surface area contributed by atoms with Gasteiger partial charge in [-0.05, 0) is 24.1 Å². The van der Waals surface area contributed by atoms with Crippen molar-refractivity contribution in [1.29, 1.82) is 0 Å². The van der Waals surface area contributed by atoms with Gasteiger partial charge in [-0.15, -0.1) is 0 Å². The number of hydrogen-bond donors (Lipinski definition) is 2. The second kappa shape index (κ2) is 6.55. The Balaban J connectivity index is 1.70. The molecule has 3 heterocycles. The molecule has 1 aliphatic carbocycles. The number of pyridine rings is 1. The molecule has 140 valence electrons. The number of rotatable bonds is 3. The summed E-state index contributed by atoms with van der Waals surface area (Å²) in [6.45, 7) is 0.709. The van der Waals surface area contributed by atoms with Crippen molar-refractivity contribution < 1.29 is 5.11 Å². The third kappa shape index (κ3) is 2.63. The van der Waals surface area contributed by atoms with Crippen LogP contribution in [0.15, 0.2) is 78.7 Å². The number of fused-ring (bicyclic) bond motifs is 1. The van der Waals surface area contributed by atoms with Crippen LogP contribution in [0.3, 0.4) is 0 Å². The fourth-order valence-electron chi connectivity index (χ4n) is 4.19. The Morgan fingerprint density at radius 2 is 1.86 bits per heavy atom. The van der Waals surface area contributed by atoms with Crippen molar-refractivity contribution in [3.05, 3.63) is 84.5 Å². The van der Waals surface area contributed by atoms with Crippen LogP contribution in [0.2, 0.25) is 0 Å². The summed E-state index contributed by atoms with van der Waals surface area (Å²) in [5.41, 5.74) is 9.76. The van der Waals surface area contributed by atoms with Crippen molar-refractivity contribution in [3.63, 3.8) is 0 Å². The Hall–Kier alpha value is -3.02. The molecule has 0 radical (unpaired) electrons. The molecule has 28 heavy (non-hydrogen) atoms. The monoisotopic (exact) mass is 370 g/mol. The minimum atomic E-state index is -1.09. The molecular formula is C23H22N4O. The summed E-state index contributed by atoms with van der Waals surface area (Å²) in [5, 5.41) is 11.6. The summed E-state index contributed by atoms with van der Waals surface area (Å²) < 4.78 is 2.15. The first-order valence-corrected chi connectivity index (χ1v) is 9.60. The van der Waals surface area contributed by atoms with E-state index in [2.05, 4.69) is 21.7 Å². The van der Waals surface area contributed by atoms with Gasteiger partial charge in [0.1, 0.15) is 11.4 Å². The van der Waals surface area contributed by atoms with Gasteiger partial charge in [0.2, 0.25) is 0 Å². The van der Waals surface area contributed by atoms with Gasteiger partial charge in [-0.1, -0.05) is 48.6 Å². The first kappa shape index (κ1) is 17.1. The summed E-state index contributed by atoms with van der Waals surface area (Å²) in [6.07, 6.45) is 10.9. The van der Waals surface area contributed by atoms with E-state index in [1.54, 1.807) is 12.4 Å². The van der Waals surface area contributed by atoms with Gasteiger partial charge in [0.15, 0.2) is 0 Å². The lowest BCUT2D eigenvalue weighted by Gasteiger charge is -2.25. The van der Waals surface area contributed by atoms with E-state index < -0.39 is 5.60 Å². The molecule has 0 bridgehead atoms. The summed E-state index contributed by atoms with van der Waals surface area (Å²) in [4.78, 5) is 9.12. The molecule has 0 spiro atoms. The third-order valence-corrected chi connectivity index (χ3v) is 5.65. The van der Waals surface area contributed by atoms with E-state index in [4.69, 9.17) is 10.7 Å². The van der Waals surface area contributed by atoms with Crippen LogP contribution in [0.25, 0.3) is 22.5 Å². The SMILES string of the molecule is NC1C=CC(C2(O)CCn3c2nc(-c2ccccc2)c3-c2ccncc2)=CC1. The van der Waals surface area contributed by atoms with Crippen LogP contribution in [0.4, 0.5) is 0 Å². The maximum atomic E-state index is 11.6. The lowest BCUT2D eigenvalue weighted by atomic mass is 9.87. The summed E-state index contributed by atoms with van der Waals surface area (Å²) in [7, 11) is 0. The maximum Gasteiger partial charge on any atom is 0.149 e. The van der Waals surface area contributed by atoms with Gasteiger partial charge in [-0.25, -0.2) is 4.98 Å². The third-order valence-electron chi connectivity index (χ3n) is 5.65. The second-order valence-corrected chi connectivity index (χ2v) is 7.41. The minimum Gasteiger partial charge on any atom is -0.377 e. The lowest BCUT2D eigenvalue weighted by Crippen LogP contribution is -2.28. The number of imidazole rings is 1. The molecule has 5 rings (SSSR count). The molecule has 2 aromatic heterocycles. The second-order valence-electron chi connectivity index (χ2n) is 7.41. The Morgan fingerprint density at radius 3 is 2.57 bits per heavy atom. The molecule has 0 saturated carbocycles. The number of nitrogens with zero attached hydrogens (tertiary/aromatic N) is 3. The van der Waals surface area contributed by atoms with E-state index in [1.165, 1.54) is 0 Å². The van der Waals surface area contributed by atoms with Gasteiger partial charge in [0, 0.05) is 42.5 Å². The van der Waals surface area contributed by atoms with Crippen LogP contribution >= 0.6 is 0 Å². The topological polar surface area (TPSA) is 77.0 Å². The average molecular weight is 370 g/mol. The molecule has 0 amide bonds. The molecule has 2 atom stereocenters. The van der Waals surface area contributed by atoms with Gasteiger partial charge < -0.3 is 15.4 Å². The Kier molecular flexibility index (Phi) is 4.00. The van der Waals surface area contributed by atoms with Gasteiger partial charge in [-0.2, -0.15) is 0 Å². The molecule has 2 unspecified atom stereocenters. The number of hydrogen-bond acceptors (Lipinski definition) is 4. The number of nitrogens with two attached hydrogens (primary N) is 1. The maximum absolute atomic E-state index is 11.6. The van der Waals surface area contributed by atoms with Crippen molar-refractivity contribution in [1.82, 2.24) is 14.5 Å². The first-order chi connectivity index (χ1) is 13.7. The quantitative estimate of drug-likeness (QED) is 0.741. The normalized spacial score (nSPS) is 23.5. The number of benzene rings is 1. The van der Waals surface area contributed by atoms with Crippen LogP contribution in [-0.4, -0.2) is 25.7 Å². The van der Waals surface area contributed by atoms with Gasteiger partial charge in [0.25, 0.3) is 0 Å². The molecule has 0 saturated heterocycles. The van der Waals surface area contributed by atoms with Crippen molar-refractivity contribution >= 4 is 0 Å². The van der Waals surface area contributed by atoms with E-state index >= 15 is 0 Å². The van der Waals surface area contributed by atoms with E-state index in [0.29, 0.717) is 18.8 Å². The lowest BCUT2D eigenvalue weighted by molar-refractivity contribution is 0.0772. The molecule has 3 aromatic rings. The number of aliphatic hydroxyl groups is 1. The Morgan fingerprint density at radius 1 is 1.07 bits per heavy atom. The summed E-state index contributed by atoms with van der Waals surface area (Å²) in [6, 6.07) is 14.1. The fourth-order valence-corrected chi connectivity index (χ4v) is 4.19. The molecular weight excluding hydrogens is 348 g/mol. The van der Waals surface area contributed by atoms with Crippen LogP contribution < -0.4 is 5.73 Å². The molecule has 5 heteroatoms. The molecule has 1 aromatic carbocycles. The Bertz CT molecular complexity index is 1070. The first-order valence-electron chi connectivity index (χ1n) is 9.60. The highest BCUT2D eigenvalue weighted by Crippen LogP contribution is 2.45. The molecule has 2 aliphatic rings. The van der Waals surface area contributed by atoms with E-state index in [9.17, 15) is 5.11 Å². The highest BCUT2D eigenvalue weighted by molar-refractivity contribution is 5.79. The zero-order valence-corrected chi connectivity index (χ0v) is 15.5. The summed E-state index contributed by atoms with van der Waals surface area (Å²) >= 11 is 0. The smallest absolute Gasteiger partial charge is 0.149 e.